The fourth-order valence-corrected chi connectivity index (χ4v) is 2.59. The van der Waals surface area contributed by atoms with Crippen molar-refractivity contribution in [3.8, 4) is 0 Å². The van der Waals surface area contributed by atoms with E-state index in [4.69, 9.17) is 5.11 Å². The molecule has 100 valence electrons. The van der Waals surface area contributed by atoms with Gasteiger partial charge in [-0.05, 0) is 32.6 Å². The van der Waals surface area contributed by atoms with Crippen LogP contribution in [-0.2, 0) is 7.05 Å². The van der Waals surface area contributed by atoms with Crippen LogP contribution in [0, 0.1) is 6.92 Å². The van der Waals surface area contributed by atoms with E-state index in [1.54, 1.807) is 10.9 Å². The van der Waals surface area contributed by atoms with E-state index in [-0.39, 0.29) is 18.6 Å². The minimum Gasteiger partial charge on any atom is -0.396 e. The molecule has 0 bridgehead atoms. The minimum absolute atomic E-state index is 0.0843. The van der Waals surface area contributed by atoms with Gasteiger partial charge < -0.3 is 10.0 Å². The topological polar surface area (TPSA) is 58.4 Å². The Morgan fingerprint density at radius 1 is 1.61 bits per heavy atom. The second-order valence-electron chi connectivity index (χ2n) is 4.93. The average molecular weight is 251 g/mol. The molecule has 0 aromatic carbocycles. The van der Waals surface area contributed by atoms with Gasteiger partial charge in [0.05, 0.1) is 11.8 Å². The highest BCUT2D eigenvalue weighted by Gasteiger charge is 2.30. The summed E-state index contributed by atoms with van der Waals surface area (Å²) in [4.78, 5) is 14.4. The number of carbonyl (C=O) groups excluding carboxylic acids is 1. The zero-order valence-electron chi connectivity index (χ0n) is 11.1. The highest BCUT2D eigenvalue weighted by molar-refractivity contribution is 5.95. The van der Waals surface area contributed by atoms with Gasteiger partial charge in [-0.1, -0.05) is 0 Å². The van der Waals surface area contributed by atoms with Gasteiger partial charge in [-0.3, -0.25) is 9.48 Å². The van der Waals surface area contributed by atoms with Gasteiger partial charge in [-0.2, -0.15) is 5.10 Å². The number of nitrogens with zero attached hydrogens (tertiary/aromatic N) is 3. The molecule has 1 aromatic heterocycles. The molecule has 1 N–H and O–H groups in total. The molecule has 5 nitrogen and oxygen atoms in total. The standard InChI is InChI=1S/C13H21N3O2/c1-10-12(9-14-15(10)2)13(18)16-7-3-5-11(16)6-4-8-17/h9,11,17H,3-8H2,1-2H3. The molecule has 1 saturated heterocycles. The maximum absolute atomic E-state index is 12.5. The van der Waals surface area contributed by atoms with Crippen LogP contribution in [0.1, 0.15) is 41.7 Å². The predicted octanol–water partition coefficient (Wildman–Crippen LogP) is 1.11. The number of rotatable bonds is 4. The Labute approximate surface area is 107 Å². The second kappa shape index (κ2) is 5.52. The Hall–Kier alpha value is -1.36. The quantitative estimate of drug-likeness (QED) is 0.872. The van der Waals surface area contributed by atoms with Gasteiger partial charge in [-0.25, -0.2) is 0 Å². The highest BCUT2D eigenvalue weighted by Crippen LogP contribution is 2.24. The molecule has 1 unspecified atom stereocenters. The first-order valence-electron chi connectivity index (χ1n) is 6.55. The summed E-state index contributed by atoms with van der Waals surface area (Å²) in [5, 5.41) is 13.0. The molecule has 5 heteroatoms. The first-order chi connectivity index (χ1) is 8.65. The largest absolute Gasteiger partial charge is 0.396 e. The Kier molecular flexibility index (Phi) is 4.01. The summed E-state index contributed by atoms with van der Waals surface area (Å²) in [5.41, 5.74) is 1.61. The van der Waals surface area contributed by atoms with Crippen LogP contribution >= 0.6 is 0 Å². The summed E-state index contributed by atoms with van der Waals surface area (Å²) >= 11 is 0. The molecule has 0 aliphatic carbocycles. The van der Waals surface area contributed by atoms with E-state index in [2.05, 4.69) is 5.10 Å². The van der Waals surface area contributed by atoms with Gasteiger partial charge in [0.25, 0.3) is 5.91 Å². The normalized spacial score (nSPS) is 19.5. The lowest BCUT2D eigenvalue weighted by Crippen LogP contribution is -2.35. The van der Waals surface area contributed by atoms with Crippen molar-refractivity contribution in [1.82, 2.24) is 14.7 Å². The zero-order valence-corrected chi connectivity index (χ0v) is 11.1. The summed E-state index contributed by atoms with van der Waals surface area (Å²) in [7, 11) is 1.85. The molecule has 1 aliphatic rings. The van der Waals surface area contributed by atoms with E-state index in [1.165, 1.54) is 0 Å². The lowest BCUT2D eigenvalue weighted by molar-refractivity contribution is 0.0723. The predicted molar refractivity (Wildman–Crippen MR) is 68.3 cm³/mol. The molecular formula is C13H21N3O2. The van der Waals surface area contributed by atoms with Crippen molar-refractivity contribution in [2.24, 2.45) is 7.05 Å². The van der Waals surface area contributed by atoms with Gasteiger partial charge in [0, 0.05) is 31.9 Å². The number of hydrogen-bond donors (Lipinski definition) is 1. The zero-order chi connectivity index (χ0) is 13.1. The maximum atomic E-state index is 12.5. The third-order valence-electron chi connectivity index (χ3n) is 3.80. The smallest absolute Gasteiger partial charge is 0.257 e. The molecule has 1 aromatic rings. The Balaban J connectivity index is 2.10. The fourth-order valence-electron chi connectivity index (χ4n) is 2.59. The van der Waals surface area contributed by atoms with Gasteiger partial charge in [0.2, 0.25) is 0 Å². The summed E-state index contributed by atoms with van der Waals surface area (Å²) in [6.45, 7) is 2.94. The molecule has 1 fully saturated rings. The molecule has 18 heavy (non-hydrogen) atoms. The number of aliphatic hydroxyl groups excluding tert-OH is 1. The summed E-state index contributed by atoms with van der Waals surface area (Å²) in [6.07, 6.45) is 5.41. The third-order valence-corrected chi connectivity index (χ3v) is 3.80. The summed E-state index contributed by atoms with van der Waals surface area (Å²) in [6, 6.07) is 0.282. The van der Waals surface area contributed by atoms with E-state index >= 15 is 0 Å². The first-order valence-corrected chi connectivity index (χ1v) is 6.55. The number of aliphatic hydroxyl groups is 1. The van der Waals surface area contributed by atoms with Crippen LogP contribution in [0.15, 0.2) is 6.20 Å². The maximum Gasteiger partial charge on any atom is 0.257 e. The van der Waals surface area contributed by atoms with Crippen LogP contribution in [-0.4, -0.2) is 44.9 Å². The molecule has 1 aliphatic heterocycles. The first kappa shape index (κ1) is 13.1. The monoisotopic (exact) mass is 251 g/mol. The van der Waals surface area contributed by atoms with Crippen LogP contribution in [0.4, 0.5) is 0 Å². The third kappa shape index (κ3) is 2.41. The highest BCUT2D eigenvalue weighted by atomic mass is 16.3. The number of likely N-dealkylation sites (tertiary alicyclic amines) is 1. The Bertz CT molecular complexity index is 428. The van der Waals surface area contributed by atoms with Gasteiger partial charge in [0.15, 0.2) is 0 Å². The summed E-state index contributed by atoms with van der Waals surface area (Å²) in [5.74, 6) is 0.0843. The molecule has 0 spiro atoms. The van der Waals surface area contributed by atoms with E-state index < -0.39 is 0 Å². The fraction of sp³-hybridized carbons (Fsp3) is 0.692. The Morgan fingerprint density at radius 2 is 2.39 bits per heavy atom. The van der Waals surface area contributed by atoms with Crippen LogP contribution in [0.5, 0.6) is 0 Å². The Morgan fingerprint density at radius 3 is 3.00 bits per heavy atom. The van der Waals surface area contributed by atoms with E-state index in [1.807, 2.05) is 18.9 Å². The van der Waals surface area contributed by atoms with Crippen molar-refractivity contribution in [2.75, 3.05) is 13.2 Å². The van der Waals surface area contributed by atoms with Crippen molar-refractivity contribution < 1.29 is 9.90 Å². The molecule has 0 radical (unpaired) electrons. The lowest BCUT2D eigenvalue weighted by atomic mass is 10.1. The van der Waals surface area contributed by atoms with E-state index in [9.17, 15) is 4.79 Å². The molecule has 2 rings (SSSR count). The number of carbonyl (C=O) groups is 1. The van der Waals surface area contributed by atoms with Crippen molar-refractivity contribution in [1.29, 1.82) is 0 Å². The van der Waals surface area contributed by atoms with Crippen LogP contribution in [0.2, 0.25) is 0 Å². The van der Waals surface area contributed by atoms with Crippen LogP contribution in [0.25, 0.3) is 0 Å². The SMILES string of the molecule is Cc1c(C(=O)N2CCCC2CCCO)cnn1C. The van der Waals surface area contributed by atoms with Crippen LogP contribution in [0.3, 0.4) is 0 Å². The number of amides is 1. The van der Waals surface area contributed by atoms with Crippen molar-refractivity contribution in [2.45, 2.75) is 38.6 Å². The molecular weight excluding hydrogens is 230 g/mol. The number of aryl methyl sites for hydroxylation is 1. The van der Waals surface area contributed by atoms with E-state index in [0.29, 0.717) is 5.56 Å². The van der Waals surface area contributed by atoms with Gasteiger partial charge in [-0.15, -0.1) is 0 Å². The number of hydrogen-bond acceptors (Lipinski definition) is 3. The summed E-state index contributed by atoms with van der Waals surface area (Å²) < 4.78 is 1.73. The van der Waals surface area contributed by atoms with Crippen molar-refractivity contribution >= 4 is 5.91 Å². The number of aromatic nitrogens is 2. The van der Waals surface area contributed by atoms with E-state index in [0.717, 1.165) is 37.9 Å². The van der Waals surface area contributed by atoms with Crippen LogP contribution < -0.4 is 0 Å². The minimum atomic E-state index is 0.0843. The lowest BCUT2D eigenvalue weighted by Gasteiger charge is -2.24. The van der Waals surface area contributed by atoms with Crippen molar-refractivity contribution in [3.05, 3.63) is 17.5 Å². The molecule has 1 atom stereocenters. The average Bonchev–Trinajstić information content (AvgIpc) is 2.95. The van der Waals surface area contributed by atoms with Gasteiger partial charge >= 0.3 is 0 Å². The van der Waals surface area contributed by atoms with Gasteiger partial charge in [0.1, 0.15) is 0 Å². The molecule has 0 saturated carbocycles. The van der Waals surface area contributed by atoms with Crippen molar-refractivity contribution in [3.63, 3.8) is 0 Å². The second-order valence-corrected chi connectivity index (χ2v) is 4.93. The molecule has 1 amide bonds. The molecule has 2 heterocycles.